The summed E-state index contributed by atoms with van der Waals surface area (Å²) < 4.78 is 177. The first-order valence-corrected chi connectivity index (χ1v) is 12.0. The molecule has 0 spiro atoms. The van der Waals surface area contributed by atoms with E-state index in [1.165, 1.54) is 0 Å². The van der Waals surface area contributed by atoms with Gasteiger partial charge in [-0.15, -0.1) is 0 Å². The van der Waals surface area contributed by atoms with Gasteiger partial charge < -0.3 is 13.7 Å². The van der Waals surface area contributed by atoms with E-state index < -0.39 is 46.9 Å². The summed E-state index contributed by atoms with van der Waals surface area (Å²) in [5.74, 6) is 0. The number of hydrogen-bond donors (Lipinski definition) is 0. The largest absolute Gasteiger partial charge is 3.00 e. The van der Waals surface area contributed by atoms with E-state index in [-0.39, 0.29) is 20.1 Å². The van der Waals surface area contributed by atoms with Crippen LogP contribution in [0.3, 0.4) is 0 Å². The maximum absolute atomic E-state index is 10.7. The van der Waals surface area contributed by atoms with Gasteiger partial charge in [-0.25, -0.2) is 25.3 Å². The second kappa shape index (κ2) is 14.9. The molecule has 0 N–H and O–H groups in total. The first kappa shape index (κ1) is 39.6. The molecule has 0 bridgehead atoms. The van der Waals surface area contributed by atoms with Crippen LogP contribution in [0.1, 0.15) is 0 Å². The minimum absolute atomic E-state index is 0. The van der Waals surface area contributed by atoms with E-state index in [1.54, 1.807) is 0 Å². The molecule has 0 saturated carbocycles. The normalized spacial score (nSPS) is 12.2. The fourth-order valence-corrected chi connectivity index (χ4v) is 1.14. The number of aromatic nitrogens is 1. The fourth-order valence-electron chi connectivity index (χ4n) is 1.14. The summed E-state index contributed by atoms with van der Waals surface area (Å²) in [7, 11) is -18.3. The number of benzene rings is 1. The molecule has 0 amide bonds. The third-order valence-electron chi connectivity index (χ3n) is 2.58. The van der Waals surface area contributed by atoms with Crippen molar-refractivity contribution in [2.75, 3.05) is 0 Å². The van der Waals surface area contributed by atoms with Gasteiger partial charge in [0.05, 0.1) is 5.69 Å². The van der Waals surface area contributed by atoms with E-state index in [2.05, 4.69) is 17.1 Å². The van der Waals surface area contributed by atoms with Crippen molar-refractivity contribution in [3.05, 3.63) is 54.7 Å². The zero-order valence-electron chi connectivity index (χ0n) is 16.8. The SMILES string of the molecule is O=S(=O)([O-])C(F)(F)F.O=S(=O)([O-])C(F)(F)F.O=S(=O)([O-])C(F)(F)F.[Ir+3].c1ccc(-c2ccccn2)cc1. The summed E-state index contributed by atoms with van der Waals surface area (Å²) in [5, 5.41) is 0. The molecule has 2 aromatic rings. The van der Waals surface area contributed by atoms with Gasteiger partial charge in [-0.3, -0.25) is 4.98 Å². The van der Waals surface area contributed by atoms with E-state index in [0.717, 1.165) is 11.3 Å². The number of alkyl halides is 9. The van der Waals surface area contributed by atoms with E-state index >= 15 is 0 Å². The van der Waals surface area contributed by atoms with Crippen molar-refractivity contribution in [3.8, 4) is 11.3 Å². The summed E-state index contributed by atoms with van der Waals surface area (Å²) >= 11 is 0. The maximum atomic E-state index is 10.7. The van der Waals surface area contributed by atoms with Crippen LogP contribution in [0.2, 0.25) is 0 Å². The van der Waals surface area contributed by atoms with Crippen LogP contribution in [-0.4, -0.2) is 60.4 Å². The summed E-state index contributed by atoms with van der Waals surface area (Å²) in [6, 6.07) is 16.1. The number of halogens is 9. The Kier molecular flexibility index (Phi) is 16.0. The van der Waals surface area contributed by atoms with Crippen LogP contribution in [0.5, 0.6) is 0 Å². The molecule has 0 aliphatic heterocycles. The molecule has 1 aromatic heterocycles. The minimum Gasteiger partial charge on any atom is -0.741 e. The van der Waals surface area contributed by atoms with Gasteiger partial charge in [0.25, 0.3) is 0 Å². The van der Waals surface area contributed by atoms with Crippen LogP contribution < -0.4 is 0 Å². The van der Waals surface area contributed by atoms with Crippen molar-refractivity contribution in [1.29, 1.82) is 0 Å². The van der Waals surface area contributed by atoms with Crippen LogP contribution in [-0.2, 0) is 50.5 Å². The molecule has 214 valence electrons. The van der Waals surface area contributed by atoms with Crippen molar-refractivity contribution in [2.45, 2.75) is 16.5 Å². The molecule has 10 nitrogen and oxygen atoms in total. The average molecular weight is 795 g/mol. The molecular weight excluding hydrogens is 786 g/mol. The van der Waals surface area contributed by atoms with E-state index in [0.29, 0.717) is 0 Å². The number of pyridine rings is 1. The summed E-state index contributed by atoms with van der Waals surface area (Å²) in [6.07, 6.45) is 1.81. The number of hydrogen-bond acceptors (Lipinski definition) is 10. The van der Waals surface area contributed by atoms with Crippen molar-refractivity contribution >= 4 is 30.4 Å². The molecule has 0 saturated heterocycles. The third kappa shape index (κ3) is 17.3. The Morgan fingerprint density at radius 1 is 0.541 bits per heavy atom. The van der Waals surface area contributed by atoms with Crippen LogP contribution in [0.4, 0.5) is 39.5 Å². The molecule has 37 heavy (non-hydrogen) atoms. The monoisotopic (exact) mass is 795 g/mol. The zero-order valence-corrected chi connectivity index (χ0v) is 21.6. The summed E-state index contributed by atoms with van der Waals surface area (Å²) in [4.78, 5) is 4.25. The van der Waals surface area contributed by atoms with Crippen molar-refractivity contribution in [1.82, 2.24) is 4.98 Å². The van der Waals surface area contributed by atoms with Gasteiger partial charge in [0.2, 0.25) is 0 Å². The second-order valence-electron chi connectivity index (χ2n) is 5.28. The van der Waals surface area contributed by atoms with Gasteiger partial charge >= 0.3 is 36.6 Å². The Morgan fingerprint density at radius 3 is 1.03 bits per heavy atom. The maximum Gasteiger partial charge on any atom is 3.00 e. The van der Waals surface area contributed by atoms with Crippen LogP contribution in [0.25, 0.3) is 11.3 Å². The quantitative estimate of drug-likeness (QED) is 0.236. The topological polar surface area (TPSA) is 184 Å². The predicted molar refractivity (Wildman–Crippen MR) is 96.9 cm³/mol. The number of nitrogens with zero attached hydrogens (tertiary/aromatic N) is 1. The van der Waals surface area contributed by atoms with Crippen molar-refractivity contribution in [3.63, 3.8) is 0 Å². The molecule has 23 heteroatoms. The van der Waals surface area contributed by atoms with Crippen LogP contribution >= 0.6 is 0 Å². The van der Waals surface area contributed by atoms with Gasteiger partial charge in [0.15, 0.2) is 30.4 Å². The first-order chi connectivity index (χ1) is 15.7. The molecule has 0 fully saturated rings. The van der Waals surface area contributed by atoms with Crippen molar-refractivity contribution in [2.24, 2.45) is 0 Å². The average Bonchev–Trinajstić information content (AvgIpc) is 2.66. The summed E-state index contributed by atoms with van der Waals surface area (Å²) in [5.41, 5.74) is -14.7. The minimum atomic E-state index is -6.09. The van der Waals surface area contributed by atoms with Gasteiger partial charge in [0.1, 0.15) is 0 Å². The van der Waals surface area contributed by atoms with Crippen molar-refractivity contribution < 1.29 is 98.5 Å². The van der Waals surface area contributed by atoms with Crippen LogP contribution in [0, 0.1) is 0 Å². The first-order valence-electron chi connectivity index (χ1n) is 7.74. The second-order valence-corrected chi connectivity index (χ2v) is 9.39. The van der Waals surface area contributed by atoms with Gasteiger partial charge in [-0.1, -0.05) is 36.4 Å². The Hall–Kier alpha value is -1.88. The molecule has 0 radical (unpaired) electrons. The third-order valence-corrected chi connectivity index (χ3v) is 4.29. The molecular formula is C14H9F9IrNO9S3. The Labute approximate surface area is 216 Å². The molecule has 1 heterocycles. The Bertz CT molecular complexity index is 1110. The molecule has 0 atom stereocenters. The van der Waals surface area contributed by atoms with E-state index in [4.69, 9.17) is 38.9 Å². The molecule has 1 aromatic carbocycles. The van der Waals surface area contributed by atoms with Gasteiger partial charge in [-0.05, 0) is 12.1 Å². The van der Waals surface area contributed by atoms with Gasteiger partial charge in [-0.2, -0.15) is 39.5 Å². The fraction of sp³-hybridized carbons (Fsp3) is 0.214. The Balaban J connectivity index is -0.000000423. The van der Waals surface area contributed by atoms with E-state index in [9.17, 15) is 39.5 Å². The molecule has 0 unspecified atom stereocenters. The smallest absolute Gasteiger partial charge is 0.741 e. The summed E-state index contributed by atoms with van der Waals surface area (Å²) in [6.45, 7) is 0. The standard InChI is InChI=1S/C11H9N.3CHF3O3S.Ir/c1-2-6-10(7-3-1)11-8-4-5-9-12-11;3*2-1(3,4)8(5,6)7;/h1-9H;3*(H,5,6,7);/q;;;;+3/p-3. The molecule has 0 aliphatic rings. The van der Waals surface area contributed by atoms with E-state index in [1.807, 2.05) is 42.6 Å². The number of rotatable bonds is 1. The predicted octanol–water partition coefficient (Wildman–Crippen LogP) is 2.90. The Morgan fingerprint density at radius 2 is 0.811 bits per heavy atom. The molecule has 2 rings (SSSR count). The van der Waals surface area contributed by atoms with Crippen LogP contribution in [0.15, 0.2) is 54.7 Å². The van der Waals surface area contributed by atoms with Gasteiger partial charge in [0, 0.05) is 11.8 Å². The zero-order chi connectivity index (χ0) is 29.2. The molecule has 0 aliphatic carbocycles.